The van der Waals surface area contributed by atoms with Crippen LogP contribution in [0.25, 0.3) is 6.08 Å². The van der Waals surface area contributed by atoms with Crippen molar-refractivity contribution in [2.75, 3.05) is 40.8 Å². The van der Waals surface area contributed by atoms with Gasteiger partial charge in [-0.15, -0.1) is 4.82 Å². The number of hydrazine groups is 1. The highest BCUT2D eigenvalue weighted by molar-refractivity contribution is 7.89. The van der Waals surface area contributed by atoms with Crippen LogP contribution in [-0.2, 0) is 14.8 Å². The molecular formula is C21H28N4O8S. The molecule has 0 bridgehead atoms. The van der Waals surface area contributed by atoms with Crippen LogP contribution >= 0.6 is 0 Å². The molecule has 0 saturated carbocycles. The first-order valence-electron chi connectivity index (χ1n) is 10.2. The van der Waals surface area contributed by atoms with E-state index in [-0.39, 0.29) is 21.2 Å². The SMILES string of the molecule is [2H]N(NC(=O)[C@H](CO)N/C=C/c1c(OC)cc(OC)cc1OC)S(=O)(=O)c1ccc(OC)c(N)c1. The van der Waals surface area contributed by atoms with Crippen molar-refractivity contribution in [2.24, 2.45) is 0 Å². The lowest BCUT2D eigenvalue weighted by atomic mass is 10.1. The molecule has 0 aliphatic rings. The lowest BCUT2D eigenvalue weighted by Gasteiger charge is -2.16. The van der Waals surface area contributed by atoms with Crippen molar-refractivity contribution in [1.29, 1.82) is 0 Å². The quantitative estimate of drug-likeness (QED) is 0.202. The number of hydrogen-bond acceptors (Lipinski definition) is 10. The van der Waals surface area contributed by atoms with Gasteiger partial charge in [0.2, 0.25) is 0 Å². The normalized spacial score (nSPS) is 12.7. The van der Waals surface area contributed by atoms with Crippen LogP contribution in [0.15, 0.2) is 41.4 Å². The van der Waals surface area contributed by atoms with Crippen molar-refractivity contribution in [2.45, 2.75) is 10.9 Å². The van der Waals surface area contributed by atoms with Crippen LogP contribution in [0.2, 0.25) is 1.41 Å². The standard InChI is InChI=1S/C21H28N4O8S/c1-30-13-9-19(32-3)15(20(10-13)33-4)7-8-23-17(12-26)21(27)24-25-34(28,29)14-5-6-18(31-2)16(22)11-14/h5-11,17,23,25-26H,12,22H2,1-4H3,(H,24,27)/b8-7+/t17-/m0/s1/i/hD. The average molecular weight is 498 g/mol. The maximum absolute atomic E-state index is 12.6. The Hall–Kier alpha value is -3.68. The predicted molar refractivity (Wildman–Crippen MR) is 125 cm³/mol. The van der Waals surface area contributed by atoms with Gasteiger partial charge in [0.25, 0.3) is 15.9 Å². The maximum Gasteiger partial charge on any atom is 0.259 e. The van der Waals surface area contributed by atoms with Crippen LogP contribution in [0, 0.1) is 0 Å². The fourth-order valence-corrected chi connectivity index (χ4v) is 3.60. The minimum absolute atomic E-state index is 0.0396. The van der Waals surface area contributed by atoms with E-state index in [9.17, 15) is 18.3 Å². The van der Waals surface area contributed by atoms with Gasteiger partial charge in [0.1, 0.15) is 29.0 Å². The van der Waals surface area contributed by atoms with E-state index in [0.717, 1.165) is 6.07 Å². The molecule has 34 heavy (non-hydrogen) atoms. The molecule has 12 nitrogen and oxygen atoms in total. The smallest absolute Gasteiger partial charge is 0.259 e. The summed E-state index contributed by atoms with van der Waals surface area (Å²) in [6.07, 6.45) is 2.88. The second-order valence-corrected chi connectivity index (χ2v) is 8.23. The van der Waals surface area contributed by atoms with E-state index in [0.29, 0.717) is 22.8 Å². The summed E-state index contributed by atoms with van der Waals surface area (Å²) in [5.74, 6) is 0.626. The Kier molecular flexibility index (Phi) is 8.79. The number of nitrogens with one attached hydrogen (secondary N) is 3. The van der Waals surface area contributed by atoms with E-state index < -0.39 is 28.6 Å². The van der Waals surface area contributed by atoms with E-state index in [1.807, 2.05) is 5.43 Å². The van der Waals surface area contributed by atoms with Gasteiger partial charge in [-0.05, 0) is 30.5 Å². The monoisotopic (exact) mass is 497 g/mol. The van der Waals surface area contributed by atoms with Crippen LogP contribution in [0.5, 0.6) is 23.0 Å². The Balaban J connectivity index is 2.15. The lowest BCUT2D eigenvalue weighted by molar-refractivity contribution is -0.124. The number of nitrogens with two attached hydrogens (primary N) is 1. The van der Waals surface area contributed by atoms with Gasteiger partial charge >= 0.3 is 0 Å². The van der Waals surface area contributed by atoms with Crippen molar-refractivity contribution in [3.63, 3.8) is 0 Å². The summed E-state index contributed by atoms with van der Waals surface area (Å²) < 4.78 is 53.9. The number of nitrogen functional groups attached to an aromatic ring is 1. The van der Waals surface area contributed by atoms with Crippen molar-refractivity contribution in [3.05, 3.63) is 42.1 Å². The Bertz CT molecular complexity index is 1150. The van der Waals surface area contributed by atoms with E-state index in [1.165, 1.54) is 52.8 Å². The summed E-state index contributed by atoms with van der Waals surface area (Å²) in [5.41, 5.74) is 8.19. The number of carbonyl (C=O) groups is 1. The first kappa shape index (κ1) is 25.0. The first-order valence-corrected chi connectivity index (χ1v) is 11.2. The number of carbonyl (C=O) groups excluding carboxylic acids is 1. The number of aliphatic hydroxyl groups is 1. The van der Waals surface area contributed by atoms with Crippen molar-refractivity contribution >= 4 is 27.7 Å². The molecule has 1 atom stereocenters. The van der Waals surface area contributed by atoms with Gasteiger partial charge in [-0.3, -0.25) is 10.2 Å². The zero-order valence-corrected chi connectivity index (χ0v) is 19.9. The molecule has 0 fully saturated rings. The predicted octanol–water partition coefficient (Wildman–Crippen LogP) is 0.234. The summed E-state index contributed by atoms with van der Waals surface area (Å²) in [4.78, 5) is 12.1. The van der Waals surface area contributed by atoms with Crippen molar-refractivity contribution in [3.8, 4) is 23.0 Å². The number of sulfonamides is 1. The number of ether oxygens (including phenoxy) is 4. The molecular weight excluding hydrogens is 468 g/mol. The molecule has 0 aliphatic carbocycles. The number of rotatable bonds is 12. The highest BCUT2D eigenvalue weighted by Gasteiger charge is 2.21. The Morgan fingerprint density at radius 2 is 1.71 bits per heavy atom. The van der Waals surface area contributed by atoms with Gasteiger partial charge in [-0.25, -0.2) is 8.42 Å². The van der Waals surface area contributed by atoms with E-state index in [4.69, 9.17) is 26.1 Å². The third kappa shape index (κ3) is 6.43. The van der Waals surface area contributed by atoms with Gasteiger partial charge in [0.05, 0.1) is 51.2 Å². The summed E-state index contributed by atoms with van der Waals surface area (Å²) in [6.45, 7) is -0.698. The number of aliphatic hydroxyl groups excluding tert-OH is 1. The second kappa shape index (κ2) is 12.0. The molecule has 1 amide bonds. The van der Waals surface area contributed by atoms with Gasteiger partial charge in [0.15, 0.2) is 1.41 Å². The Morgan fingerprint density at radius 3 is 2.21 bits per heavy atom. The minimum atomic E-state index is -4.45. The maximum atomic E-state index is 12.6. The third-order valence-electron chi connectivity index (χ3n) is 4.57. The molecule has 13 heteroatoms. The highest BCUT2D eigenvalue weighted by Crippen LogP contribution is 2.34. The van der Waals surface area contributed by atoms with Gasteiger partial charge in [0, 0.05) is 12.1 Å². The van der Waals surface area contributed by atoms with Gasteiger partial charge in [-0.1, -0.05) is 0 Å². The van der Waals surface area contributed by atoms with Crippen molar-refractivity contribution in [1.82, 2.24) is 15.6 Å². The summed E-state index contributed by atoms with van der Waals surface area (Å²) in [5, 5.41) is 12.3. The van der Waals surface area contributed by atoms with Crippen LogP contribution in [-0.4, -0.2) is 60.5 Å². The molecule has 0 spiro atoms. The van der Waals surface area contributed by atoms with E-state index in [2.05, 4.69) is 5.32 Å². The van der Waals surface area contributed by atoms with E-state index >= 15 is 0 Å². The summed E-state index contributed by atoms with van der Waals surface area (Å²) >= 11 is 0. The molecule has 6 N–H and O–H groups in total. The molecule has 2 rings (SSSR count). The molecule has 0 aromatic heterocycles. The van der Waals surface area contributed by atoms with Crippen LogP contribution < -0.4 is 40.2 Å². The Labute approximate surface area is 199 Å². The molecule has 2 aromatic carbocycles. The van der Waals surface area contributed by atoms with Gasteiger partial charge < -0.3 is 35.1 Å². The lowest BCUT2D eigenvalue weighted by Crippen LogP contribution is -2.51. The van der Waals surface area contributed by atoms with E-state index in [1.54, 1.807) is 12.1 Å². The molecule has 0 unspecified atom stereocenters. The summed E-state index contributed by atoms with van der Waals surface area (Å²) in [6, 6.07) is 5.58. The van der Waals surface area contributed by atoms with Crippen molar-refractivity contribution < 1.29 is 38.7 Å². The molecule has 2 aromatic rings. The third-order valence-corrected chi connectivity index (χ3v) is 5.76. The average Bonchev–Trinajstić information content (AvgIpc) is 2.85. The first-order chi connectivity index (χ1) is 16.6. The largest absolute Gasteiger partial charge is 0.496 e. The van der Waals surface area contributed by atoms with Gasteiger partial charge in [-0.2, -0.15) is 0 Å². The fraction of sp³-hybridized carbons (Fsp3) is 0.286. The second-order valence-electron chi connectivity index (χ2n) is 6.63. The molecule has 0 heterocycles. The number of benzene rings is 2. The molecule has 186 valence electrons. The molecule has 0 aliphatic heterocycles. The molecule has 0 radical (unpaired) electrons. The number of anilines is 1. The summed E-state index contributed by atoms with van der Waals surface area (Å²) in [7, 11) is 1.34. The number of methoxy groups -OCH3 is 4. The Morgan fingerprint density at radius 1 is 1.09 bits per heavy atom. The zero-order chi connectivity index (χ0) is 26.2. The number of amides is 1. The van der Waals surface area contributed by atoms with Crippen LogP contribution in [0.4, 0.5) is 5.69 Å². The zero-order valence-electron chi connectivity index (χ0n) is 20.1. The number of hydrogen-bond donors (Lipinski definition) is 5. The molecule has 0 saturated heterocycles. The fourth-order valence-electron chi connectivity index (χ4n) is 2.76. The topological polar surface area (TPSA) is 170 Å². The minimum Gasteiger partial charge on any atom is -0.496 e. The van der Waals surface area contributed by atoms with Crippen LogP contribution in [0.1, 0.15) is 5.56 Å². The highest BCUT2D eigenvalue weighted by atomic mass is 32.2. The van der Waals surface area contributed by atoms with Crippen LogP contribution in [0.3, 0.4) is 0 Å².